The Labute approximate surface area is 187 Å². The van der Waals surface area contributed by atoms with Gasteiger partial charge in [-0.3, -0.25) is 14.6 Å². The number of nitrogens with zero attached hydrogens (tertiary/aromatic N) is 1. The first-order valence-corrected chi connectivity index (χ1v) is 10.6. The van der Waals surface area contributed by atoms with Gasteiger partial charge in [-0.2, -0.15) is 0 Å². The Morgan fingerprint density at radius 1 is 1.19 bits per heavy atom. The lowest BCUT2D eigenvalue weighted by Gasteiger charge is -2.16. The molecule has 0 amide bonds. The molecule has 0 spiro atoms. The third kappa shape index (κ3) is 7.21. The fourth-order valence-electron chi connectivity index (χ4n) is 2.79. The number of aliphatic imine (C=N–C) groups is 1. The molecule has 1 aromatic rings. The molecule has 0 unspecified atom stereocenters. The molecule has 0 bridgehead atoms. The Morgan fingerprint density at radius 2 is 1.84 bits per heavy atom. The average molecular weight is 448 g/mol. The normalized spacial score (nSPS) is 15.3. The van der Waals surface area contributed by atoms with E-state index in [1.165, 1.54) is 6.92 Å². The van der Waals surface area contributed by atoms with Gasteiger partial charge in [0.25, 0.3) is 0 Å². The van der Waals surface area contributed by atoms with Crippen LogP contribution in [0.1, 0.15) is 62.9 Å². The summed E-state index contributed by atoms with van der Waals surface area (Å²) in [6, 6.07) is 5.11. The lowest BCUT2D eigenvalue weighted by atomic mass is 9.87. The molecule has 2 rings (SSSR count). The number of ketones is 2. The molecule has 1 saturated carbocycles. The number of esters is 1. The summed E-state index contributed by atoms with van der Waals surface area (Å²) in [5.74, 6) is -1.12. The summed E-state index contributed by atoms with van der Waals surface area (Å²) < 4.78 is 5.14. The number of aryl methyl sites for hydroxylation is 1. The molecule has 0 saturated heterocycles. The van der Waals surface area contributed by atoms with Crippen LogP contribution in [0.5, 0.6) is 0 Å². The minimum atomic E-state index is -0.807. The van der Waals surface area contributed by atoms with E-state index in [-0.39, 0.29) is 39.5 Å². The highest BCUT2D eigenvalue weighted by molar-refractivity contribution is 6.34. The van der Waals surface area contributed by atoms with E-state index in [9.17, 15) is 14.4 Å². The van der Waals surface area contributed by atoms with Crippen LogP contribution >= 0.6 is 11.6 Å². The zero-order valence-electron chi connectivity index (χ0n) is 18.5. The summed E-state index contributed by atoms with van der Waals surface area (Å²) in [5, 5.41) is 0.243. The highest BCUT2D eigenvalue weighted by Crippen LogP contribution is 2.24. The zero-order chi connectivity index (χ0) is 23.3. The van der Waals surface area contributed by atoms with E-state index in [2.05, 4.69) is 4.99 Å². The van der Waals surface area contributed by atoms with E-state index in [4.69, 9.17) is 27.8 Å². The van der Waals surface area contributed by atoms with Gasteiger partial charge in [0.15, 0.2) is 6.61 Å². The van der Waals surface area contributed by atoms with Crippen molar-refractivity contribution in [2.45, 2.75) is 59.4 Å². The maximum atomic E-state index is 12.6. The van der Waals surface area contributed by atoms with Crippen molar-refractivity contribution in [2.24, 2.45) is 21.9 Å². The number of Topliss-reactive ketones (excluding diaryl/α,β-unsaturated/α-hetero) is 2. The monoisotopic (exact) mass is 447 g/mol. The van der Waals surface area contributed by atoms with Gasteiger partial charge in [0.05, 0.1) is 11.1 Å². The molecule has 0 radical (unpaired) electrons. The Kier molecular flexibility index (Phi) is 8.01. The number of rotatable bonds is 9. The summed E-state index contributed by atoms with van der Waals surface area (Å²) in [4.78, 5) is 41.5. The Bertz CT molecular complexity index is 937. The van der Waals surface area contributed by atoms with E-state index in [0.29, 0.717) is 12.8 Å². The van der Waals surface area contributed by atoms with Crippen molar-refractivity contribution in [1.29, 1.82) is 0 Å². The first-order valence-electron chi connectivity index (χ1n) is 10.2. The minimum absolute atomic E-state index is 0.0171. The second-order valence-corrected chi connectivity index (χ2v) is 9.20. The number of halogens is 1. The number of allylic oxidation sites excluding steroid dienone is 1. The molecule has 4 N–H and O–H groups in total. The van der Waals surface area contributed by atoms with Crippen LogP contribution in [0.25, 0.3) is 0 Å². The van der Waals surface area contributed by atoms with Gasteiger partial charge in [-0.1, -0.05) is 38.4 Å². The van der Waals surface area contributed by atoms with Crippen molar-refractivity contribution < 1.29 is 19.1 Å². The van der Waals surface area contributed by atoms with Gasteiger partial charge in [-0.15, -0.1) is 0 Å². The number of hydrogen-bond donors (Lipinski definition) is 2. The van der Waals surface area contributed by atoms with E-state index >= 15 is 0 Å². The van der Waals surface area contributed by atoms with E-state index in [1.54, 1.807) is 18.2 Å². The highest BCUT2D eigenvalue weighted by atomic mass is 35.5. The van der Waals surface area contributed by atoms with Gasteiger partial charge in [0.2, 0.25) is 5.78 Å². The first kappa shape index (κ1) is 24.6. The van der Waals surface area contributed by atoms with E-state index in [0.717, 1.165) is 18.4 Å². The molecular weight excluding hydrogens is 418 g/mol. The number of hydrogen-bond acceptors (Lipinski definition) is 6. The van der Waals surface area contributed by atoms with Crippen molar-refractivity contribution in [1.82, 2.24) is 0 Å². The third-order valence-electron chi connectivity index (χ3n) is 4.87. The number of carbonyl (C=O) groups is 3. The SMILES string of the molecule is CC(N)=C(C(=O)OCC(=O)c1cc(CCC(=O)C(C)(C)C)ccc1Cl)C(N)=NC1CC1. The van der Waals surface area contributed by atoms with Crippen LogP contribution in [0.4, 0.5) is 0 Å². The van der Waals surface area contributed by atoms with Gasteiger partial charge in [0, 0.05) is 23.1 Å². The van der Waals surface area contributed by atoms with Gasteiger partial charge in [-0.05, 0) is 43.9 Å². The van der Waals surface area contributed by atoms with Crippen LogP contribution in [-0.4, -0.2) is 36.0 Å². The molecule has 1 aliphatic rings. The quantitative estimate of drug-likeness (QED) is 0.196. The zero-order valence-corrected chi connectivity index (χ0v) is 19.2. The molecule has 1 aliphatic carbocycles. The van der Waals surface area contributed by atoms with Crippen LogP contribution in [0.15, 0.2) is 34.5 Å². The molecule has 1 aromatic carbocycles. The number of ether oxygens (including phenoxy) is 1. The Morgan fingerprint density at radius 3 is 2.39 bits per heavy atom. The number of benzene rings is 1. The Hall–Kier alpha value is -2.67. The van der Waals surface area contributed by atoms with Gasteiger partial charge >= 0.3 is 5.97 Å². The second-order valence-electron chi connectivity index (χ2n) is 8.79. The minimum Gasteiger partial charge on any atom is -0.454 e. The predicted molar refractivity (Wildman–Crippen MR) is 121 cm³/mol. The molecule has 168 valence electrons. The average Bonchev–Trinajstić information content (AvgIpc) is 3.48. The van der Waals surface area contributed by atoms with Crippen LogP contribution in [0, 0.1) is 5.41 Å². The van der Waals surface area contributed by atoms with Crippen molar-refractivity contribution >= 4 is 35.0 Å². The number of nitrogens with two attached hydrogens (primary N) is 2. The Balaban J connectivity index is 2.05. The summed E-state index contributed by atoms with van der Waals surface area (Å²) in [6.07, 6.45) is 2.68. The highest BCUT2D eigenvalue weighted by Gasteiger charge is 2.25. The molecule has 31 heavy (non-hydrogen) atoms. The lowest BCUT2D eigenvalue weighted by Crippen LogP contribution is -2.28. The number of amidine groups is 1. The molecule has 0 aromatic heterocycles. The largest absolute Gasteiger partial charge is 0.454 e. The summed E-state index contributed by atoms with van der Waals surface area (Å²) in [6.45, 7) is 6.61. The third-order valence-corrected chi connectivity index (χ3v) is 5.20. The van der Waals surface area contributed by atoms with Crippen molar-refractivity contribution in [3.8, 4) is 0 Å². The standard InChI is InChI=1S/C23H30ClN3O4/c1-13(25)20(21(26)27-15-7-8-15)22(30)31-12-18(28)16-11-14(5-9-17(16)24)6-10-19(29)23(2,3)4/h5,9,11,15H,6-8,10,12,25H2,1-4H3,(H2,26,27). The molecule has 8 heteroatoms. The van der Waals surface area contributed by atoms with Crippen molar-refractivity contribution in [2.75, 3.05) is 6.61 Å². The smallest absolute Gasteiger partial charge is 0.344 e. The molecule has 0 atom stereocenters. The maximum absolute atomic E-state index is 12.6. The van der Waals surface area contributed by atoms with E-state index in [1.807, 2.05) is 20.8 Å². The van der Waals surface area contributed by atoms with Gasteiger partial charge < -0.3 is 16.2 Å². The van der Waals surface area contributed by atoms with Crippen LogP contribution < -0.4 is 11.5 Å². The molecule has 0 heterocycles. The summed E-state index contributed by atoms with van der Waals surface area (Å²) in [5.41, 5.74) is 12.4. The molecule has 1 fully saturated rings. The molecule has 0 aliphatic heterocycles. The molecular formula is C23H30ClN3O4. The van der Waals surface area contributed by atoms with Crippen LogP contribution in [0.3, 0.4) is 0 Å². The van der Waals surface area contributed by atoms with Crippen molar-refractivity contribution in [3.63, 3.8) is 0 Å². The summed E-state index contributed by atoms with van der Waals surface area (Å²) in [7, 11) is 0. The number of carbonyl (C=O) groups excluding carboxylic acids is 3. The van der Waals surface area contributed by atoms with Gasteiger partial charge in [-0.25, -0.2) is 4.79 Å². The first-order chi connectivity index (χ1) is 14.4. The lowest BCUT2D eigenvalue weighted by molar-refractivity contribution is -0.137. The van der Waals surface area contributed by atoms with Crippen LogP contribution in [0.2, 0.25) is 5.02 Å². The molecule has 7 nitrogen and oxygen atoms in total. The van der Waals surface area contributed by atoms with E-state index < -0.39 is 23.8 Å². The topological polar surface area (TPSA) is 125 Å². The van der Waals surface area contributed by atoms with Gasteiger partial charge in [0.1, 0.15) is 17.2 Å². The summed E-state index contributed by atoms with van der Waals surface area (Å²) >= 11 is 6.17. The van der Waals surface area contributed by atoms with Crippen molar-refractivity contribution in [3.05, 3.63) is 45.6 Å². The fourth-order valence-corrected chi connectivity index (χ4v) is 3.01. The van der Waals surface area contributed by atoms with Crippen LogP contribution in [-0.2, 0) is 20.7 Å². The second kappa shape index (κ2) is 10.1. The maximum Gasteiger partial charge on any atom is 0.344 e. The fraction of sp³-hybridized carbons (Fsp3) is 0.478. The predicted octanol–water partition coefficient (Wildman–Crippen LogP) is 3.37.